The number of nitrogens with zero attached hydrogens (tertiary/aromatic N) is 3. The molecule has 2 rings (SSSR count). The normalized spacial score (nSPS) is 12.3. The molecule has 104 valence electrons. The first-order valence-corrected chi connectivity index (χ1v) is 8.92. The number of aromatic nitrogens is 3. The molecule has 8 heteroatoms. The third kappa shape index (κ3) is 2.98. The number of thiophene rings is 1. The third-order valence-corrected chi connectivity index (χ3v) is 4.71. The van der Waals surface area contributed by atoms with Crippen LogP contribution in [0.4, 0.5) is 0 Å². The van der Waals surface area contributed by atoms with E-state index in [-0.39, 0.29) is 11.1 Å². The third-order valence-electron chi connectivity index (χ3n) is 2.55. The lowest BCUT2D eigenvalue weighted by atomic mass is 10.2. The van der Waals surface area contributed by atoms with Crippen LogP contribution in [0, 0.1) is 12.8 Å². The van der Waals surface area contributed by atoms with Gasteiger partial charge in [-0.3, -0.25) is 4.57 Å². The molecule has 0 aliphatic carbocycles. The Labute approximate surface area is 120 Å². The summed E-state index contributed by atoms with van der Waals surface area (Å²) in [6, 6.07) is 1.96. The lowest BCUT2D eigenvalue weighted by Gasteiger charge is -2.10. The second-order valence-corrected chi connectivity index (χ2v) is 8.06. The fraction of sp³-hybridized carbons (Fsp3) is 0.455. The zero-order chi connectivity index (χ0) is 14.2. The maximum Gasteiger partial charge on any atom is 0.296 e. The fourth-order valence-corrected chi connectivity index (χ4v) is 3.59. The van der Waals surface area contributed by atoms with Gasteiger partial charge in [0, 0.05) is 17.2 Å². The molecule has 2 heterocycles. The van der Waals surface area contributed by atoms with E-state index in [1.807, 2.05) is 32.2 Å². The van der Waals surface area contributed by atoms with E-state index in [0.717, 1.165) is 10.4 Å². The first kappa shape index (κ1) is 14.5. The topological polar surface area (TPSA) is 64.8 Å². The SMILES string of the molecule is Cc1ccsc1-c1nnc(S(=O)(=O)Cl)n1CC(C)C. The van der Waals surface area contributed by atoms with Crippen molar-refractivity contribution in [3.05, 3.63) is 17.0 Å². The molecule has 5 nitrogen and oxygen atoms in total. The quantitative estimate of drug-likeness (QED) is 0.813. The molecule has 0 saturated carbocycles. The van der Waals surface area contributed by atoms with E-state index in [4.69, 9.17) is 10.7 Å². The van der Waals surface area contributed by atoms with Gasteiger partial charge in [-0.05, 0) is 29.9 Å². The van der Waals surface area contributed by atoms with Crippen molar-refractivity contribution in [3.8, 4) is 10.7 Å². The Morgan fingerprint density at radius 2 is 2.11 bits per heavy atom. The molecule has 0 aromatic carbocycles. The molecule has 0 aliphatic heterocycles. The van der Waals surface area contributed by atoms with Gasteiger partial charge in [0.2, 0.25) is 0 Å². The van der Waals surface area contributed by atoms with Gasteiger partial charge in [-0.1, -0.05) is 13.8 Å². The first-order chi connectivity index (χ1) is 8.80. The maximum atomic E-state index is 11.5. The van der Waals surface area contributed by atoms with Gasteiger partial charge < -0.3 is 0 Å². The van der Waals surface area contributed by atoms with Crippen LogP contribution in [0.1, 0.15) is 19.4 Å². The monoisotopic (exact) mass is 319 g/mol. The van der Waals surface area contributed by atoms with Crippen LogP contribution < -0.4 is 0 Å². The lowest BCUT2D eigenvalue weighted by molar-refractivity contribution is 0.489. The van der Waals surface area contributed by atoms with Crippen molar-refractivity contribution in [2.45, 2.75) is 32.5 Å². The maximum absolute atomic E-state index is 11.5. The summed E-state index contributed by atoms with van der Waals surface area (Å²) in [5.41, 5.74) is 1.04. The summed E-state index contributed by atoms with van der Waals surface area (Å²) >= 11 is 1.51. The highest BCUT2D eigenvalue weighted by atomic mass is 35.7. The highest BCUT2D eigenvalue weighted by molar-refractivity contribution is 8.13. The Kier molecular flexibility index (Phi) is 3.98. The summed E-state index contributed by atoms with van der Waals surface area (Å²) in [7, 11) is 1.52. The number of hydrogen-bond donors (Lipinski definition) is 0. The van der Waals surface area contributed by atoms with E-state index in [2.05, 4.69) is 10.2 Å². The molecular formula is C11H14ClN3O2S2. The molecule has 2 aromatic rings. The second kappa shape index (κ2) is 5.22. The number of rotatable bonds is 4. The van der Waals surface area contributed by atoms with Gasteiger partial charge in [0.05, 0.1) is 4.88 Å². The zero-order valence-corrected chi connectivity index (χ0v) is 13.2. The minimum atomic E-state index is -3.90. The smallest absolute Gasteiger partial charge is 0.296 e. The Hall–Kier alpha value is -0.920. The van der Waals surface area contributed by atoms with Crippen molar-refractivity contribution < 1.29 is 8.42 Å². The minimum absolute atomic E-state index is 0.189. The van der Waals surface area contributed by atoms with Crippen LogP contribution in [0.15, 0.2) is 16.6 Å². The Bertz CT molecular complexity index is 689. The van der Waals surface area contributed by atoms with Crippen LogP contribution in [0.5, 0.6) is 0 Å². The van der Waals surface area contributed by atoms with E-state index in [1.165, 1.54) is 11.3 Å². The molecule has 19 heavy (non-hydrogen) atoms. The highest BCUT2D eigenvalue weighted by Crippen LogP contribution is 2.30. The minimum Gasteiger partial charge on any atom is -0.296 e. The zero-order valence-electron chi connectivity index (χ0n) is 10.8. The van der Waals surface area contributed by atoms with Crippen molar-refractivity contribution in [1.82, 2.24) is 14.8 Å². The van der Waals surface area contributed by atoms with Gasteiger partial charge in [-0.25, -0.2) is 8.42 Å². The van der Waals surface area contributed by atoms with Crippen molar-refractivity contribution >= 4 is 31.1 Å². The molecular weight excluding hydrogens is 306 g/mol. The number of halogens is 1. The summed E-state index contributed by atoms with van der Waals surface area (Å²) in [6.07, 6.45) is 0. The lowest BCUT2D eigenvalue weighted by Crippen LogP contribution is -2.11. The molecule has 0 fully saturated rings. The second-order valence-electron chi connectivity index (χ2n) is 4.68. The van der Waals surface area contributed by atoms with E-state index in [9.17, 15) is 8.42 Å². The van der Waals surface area contributed by atoms with E-state index >= 15 is 0 Å². The number of hydrogen-bond acceptors (Lipinski definition) is 5. The molecule has 0 N–H and O–H groups in total. The van der Waals surface area contributed by atoms with Crippen molar-refractivity contribution in [3.63, 3.8) is 0 Å². The first-order valence-electron chi connectivity index (χ1n) is 5.73. The predicted molar refractivity (Wildman–Crippen MR) is 75.9 cm³/mol. The Morgan fingerprint density at radius 1 is 1.42 bits per heavy atom. The molecule has 0 atom stereocenters. The van der Waals surface area contributed by atoms with E-state index in [0.29, 0.717) is 12.4 Å². The molecule has 0 bridgehead atoms. The van der Waals surface area contributed by atoms with Gasteiger partial charge in [0.15, 0.2) is 5.82 Å². The van der Waals surface area contributed by atoms with Gasteiger partial charge >= 0.3 is 0 Å². The van der Waals surface area contributed by atoms with Crippen molar-refractivity contribution in [2.24, 2.45) is 5.92 Å². The van der Waals surface area contributed by atoms with Gasteiger partial charge in [0.1, 0.15) is 0 Å². The van der Waals surface area contributed by atoms with Crippen LogP contribution >= 0.6 is 22.0 Å². The molecule has 0 radical (unpaired) electrons. The van der Waals surface area contributed by atoms with Crippen LogP contribution in [0.25, 0.3) is 10.7 Å². The number of aryl methyl sites for hydroxylation is 1. The molecule has 0 spiro atoms. The van der Waals surface area contributed by atoms with Gasteiger partial charge in [-0.15, -0.1) is 21.5 Å². The van der Waals surface area contributed by atoms with Gasteiger partial charge in [0.25, 0.3) is 14.2 Å². The van der Waals surface area contributed by atoms with Crippen LogP contribution in [0.3, 0.4) is 0 Å². The molecule has 0 saturated heterocycles. The Morgan fingerprint density at radius 3 is 2.58 bits per heavy atom. The summed E-state index contributed by atoms with van der Waals surface area (Å²) in [4.78, 5) is 0.916. The molecule has 0 aliphatic rings. The van der Waals surface area contributed by atoms with Gasteiger partial charge in [-0.2, -0.15) is 0 Å². The van der Waals surface area contributed by atoms with Crippen LogP contribution in [0.2, 0.25) is 0 Å². The van der Waals surface area contributed by atoms with Crippen molar-refractivity contribution in [1.29, 1.82) is 0 Å². The average molecular weight is 320 g/mol. The summed E-state index contributed by atoms with van der Waals surface area (Å²) in [5.74, 6) is 0.813. The summed E-state index contributed by atoms with van der Waals surface area (Å²) in [6.45, 7) is 6.45. The Balaban J connectivity index is 2.63. The van der Waals surface area contributed by atoms with E-state index in [1.54, 1.807) is 4.57 Å². The fourth-order valence-electron chi connectivity index (χ4n) is 1.77. The molecule has 0 amide bonds. The van der Waals surface area contributed by atoms with E-state index < -0.39 is 9.05 Å². The van der Waals surface area contributed by atoms with Crippen LogP contribution in [-0.2, 0) is 15.6 Å². The summed E-state index contributed by atoms with van der Waals surface area (Å²) in [5, 5.41) is 9.49. The predicted octanol–water partition coefficient (Wildman–Crippen LogP) is 2.90. The molecule has 2 aromatic heterocycles. The largest absolute Gasteiger partial charge is 0.296 e. The standard InChI is InChI=1S/C11H14ClN3O2S2/c1-7(2)6-15-10(9-8(3)4-5-18-9)13-14-11(15)19(12,16)17/h4-5,7H,6H2,1-3H3. The summed E-state index contributed by atoms with van der Waals surface area (Å²) < 4.78 is 24.7. The average Bonchev–Trinajstić information content (AvgIpc) is 2.82. The van der Waals surface area contributed by atoms with Crippen LogP contribution in [-0.4, -0.2) is 23.2 Å². The highest BCUT2D eigenvalue weighted by Gasteiger charge is 2.24. The molecule has 0 unspecified atom stereocenters. The van der Waals surface area contributed by atoms with Crippen molar-refractivity contribution in [2.75, 3.05) is 0 Å².